The van der Waals surface area contributed by atoms with Crippen LogP contribution in [-0.2, 0) is 0 Å². The molecule has 0 radical (unpaired) electrons. The summed E-state index contributed by atoms with van der Waals surface area (Å²) in [4.78, 5) is 13.9. The predicted molar refractivity (Wildman–Crippen MR) is 70.7 cm³/mol. The van der Waals surface area contributed by atoms with E-state index in [-0.39, 0.29) is 12.5 Å². The van der Waals surface area contributed by atoms with Crippen LogP contribution in [0.15, 0.2) is 18.2 Å². The van der Waals surface area contributed by atoms with Crippen LogP contribution in [0.5, 0.6) is 5.75 Å². The molecule has 0 unspecified atom stereocenters. The summed E-state index contributed by atoms with van der Waals surface area (Å²) in [5.74, 6) is 0.322. The molecule has 0 atom stereocenters. The largest absolute Gasteiger partial charge is 0.496 e. The first-order chi connectivity index (χ1) is 8.63. The Morgan fingerprint density at radius 1 is 1.44 bits per heavy atom. The van der Waals surface area contributed by atoms with Crippen molar-refractivity contribution in [2.45, 2.75) is 13.3 Å². The van der Waals surface area contributed by atoms with Gasteiger partial charge in [-0.1, -0.05) is 6.92 Å². The zero-order valence-electron chi connectivity index (χ0n) is 10.8. The summed E-state index contributed by atoms with van der Waals surface area (Å²) in [5.41, 5.74) is 6.64. The van der Waals surface area contributed by atoms with Gasteiger partial charge in [-0.15, -0.1) is 0 Å². The summed E-state index contributed by atoms with van der Waals surface area (Å²) < 4.78 is 5.16. The number of carbonyl (C=O) groups excluding carboxylic acids is 1. The Hall–Kier alpha value is -1.75. The Morgan fingerprint density at radius 3 is 2.72 bits per heavy atom. The molecule has 0 aliphatic rings. The molecule has 3 N–H and O–H groups in total. The zero-order chi connectivity index (χ0) is 13.5. The molecule has 0 saturated heterocycles. The molecule has 5 heteroatoms. The lowest BCUT2D eigenvalue weighted by Gasteiger charge is -2.22. The normalized spacial score (nSPS) is 10.2. The van der Waals surface area contributed by atoms with Gasteiger partial charge in [0.15, 0.2) is 0 Å². The van der Waals surface area contributed by atoms with Gasteiger partial charge in [0.25, 0.3) is 5.91 Å². The third-order valence-electron chi connectivity index (χ3n) is 2.60. The maximum atomic E-state index is 12.3. The van der Waals surface area contributed by atoms with Crippen LogP contribution in [0.1, 0.15) is 23.7 Å². The number of ether oxygens (including phenoxy) is 1. The second-order valence-corrected chi connectivity index (χ2v) is 3.98. The molecule has 1 aromatic rings. The molecule has 0 aliphatic heterocycles. The van der Waals surface area contributed by atoms with Gasteiger partial charge in [0, 0.05) is 18.8 Å². The molecule has 1 amide bonds. The van der Waals surface area contributed by atoms with E-state index in [4.69, 9.17) is 15.6 Å². The molecule has 18 heavy (non-hydrogen) atoms. The van der Waals surface area contributed by atoms with E-state index in [1.54, 1.807) is 23.1 Å². The second kappa shape index (κ2) is 6.86. The molecule has 0 aliphatic carbocycles. The number of aliphatic hydroxyl groups is 1. The predicted octanol–water partition coefficient (Wildman–Crippen LogP) is 1.12. The summed E-state index contributed by atoms with van der Waals surface area (Å²) in [6.07, 6.45) is 0.830. The number of nitrogen functional groups attached to an aromatic ring is 1. The summed E-state index contributed by atoms with van der Waals surface area (Å²) in [6.45, 7) is 2.83. The quantitative estimate of drug-likeness (QED) is 0.744. The highest BCUT2D eigenvalue weighted by molar-refractivity contribution is 5.97. The van der Waals surface area contributed by atoms with Crippen molar-refractivity contribution >= 4 is 11.6 Å². The lowest BCUT2D eigenvalue weighted by atomic mass is 10.1. The van der Waals surface area contributed by atoms with E-state index in [9.17, 15) is 4.79 Å². The molecular formula is C13H20N2O3. The highest BCUT2D eigenvalue weighted by Gasteiger charge is 2.18. The Morgan fingerprint density at radius 2 is 2.17 bits per heavy atom. The summed E-state index contributed by atoms with van der Waals surface area (Å²) in [6, 6.07) is 4.96. The van der Waals surface area contributed by atoms with Crippen molar-refractivity contribution in [2.24, 2.45) is 0 Å². The topological polar surface area (TPSA) is 75.8 Å². The van der Waals surface area contributed by atoms with E-state index in [2.05, 4.69) is 0 Å². The average molecular weight is 252 g/mol. The minimum atomic E-state index is -0.171. The smallest absolute Gasteiger partial charge is 0.257 e. The Kier molecular flexibility index (Phi) is 5.45. The van der Waals surface area contributed by atoms with E-state index < -0.39 is 0 Å². The highest BCUT2D eigenvalue weighted by atomic mass is 16.5. The molecule has 0 spiro atoms. The van der Waals surface area contributed by atoms with Gasteiger partial charge in [0.05, 0.1) is 19.3 Å². The molecule has 0 saturated carbocycles. The van der Waals surface area contributed by atoms with Crippen LogP contribution in [-0.4, -0.2) is 42.7 Å². The van der Waals surface area contributed by atoms with Crippen molar-refractivity contribution in [1.29, 1.82) is 0 Å². The Balaban J connectivity index is 3.02. The van der Waals surface area contributed by atoms with Crippen LogP contribution in [0.4, 0.5) is 5.69 Å². The molecule has 5 nitrogen and oxygen atoms in total. The monoisotopic (exact) mass is 252 g/mol. The third kappa shape index (κ3) is 3.37. The SMILES string of the molecule is CCCN(CCO)C(=O)c1cc(N)ccc1OC. The molecule has 0 aromatic heterocycles. The van der Waals surface area contributed by atoms with Gasteiger partial charge in [-0.25, -0.2) is 0 Å². The number of methoxy groups -OCH3 is 1. The number of amides is 1. The number of nitrogens with zero attached hydrogens (tertiary/aromatic N) is 1. The molecule has 1 aromatic carbocycles. The lowest BCUT2D eigenvalue weighted by molar-refractivity contribution is 0.0718. The number of anilines is 1. The number of benzene rings is 1. The maximum Gasteiger partial charge on any atom is 0.257 e. The van der Waals surface area contributed by atoms with Crippen LogP contribution < -0.4 is 10.5 Å². The van der Waals surface area contributed by atoms with Gasteiger partial charge in [-0.05, 0) is 24.6 Å². The van der Waals surface area contributed by atoms with Crippen LogP contribution in [0.25, 0.3) is 0 Å². The standard InChI is InChI=1S/C13H20N2O3/c1-3-6-15(7-8-16)13(17)11-9-10(14)4-5-12(11)18-2/h4-5,9,16H,3,6-8,14H2,1-2H3. The number of hydrogen-bond acceptors (Lipinski definition) is 4. The van der Waals surface area contributed by atoms with Gasteiger partial charge in [-0.3, -0.25) is 4.79 Å². The maximum absolute atomic E-state index is 12.3. The molecule has 0 fully saturated rings. The highest BCUT2D eigenvalue weighted by Crippen LogP contribution is 2.22. The average Bonchev–Trinajstić information content (AvgIpc) is 2.37. The summed E-state index contributed by atoms with van der Waals surface area (Å²) in [7, 11) is 1.51. The molecular weight excluding hydrogens is 232 g/mol. The van der Waals surface area contributed by atoms with Crippen molar-refractivity contribution in [3.05, 3.63) is 23.8 Å². The summed E-state index contributed by atoms with van der Waals surface area (Å²) in [5, 5.41) is 8.99. The van der Waals surface area contributed by atoms with E-state index in [0.717, 1.165) is 6.42 Å². The number of hydrogen-bond donors (Lipinski definition) is 2. The first-order valence-corrected chi connectivity index (χ1v) is 5.97. The fourth-order valence-corrected chi connectivity index (χ4v) is 1.77. The Bertz CT molecular complexity index is 401. The van der Waals surface area contributed by atoms with Crippen molar-refractivity contribution in [1.82, 2.24) is 4.90 Å². The third-order valence-corrected chi connectivity index (χ3v) is 2.60. The van der Waals surface area contributed by atoms with Crippen molar-refractivity contribution in [3.8, 4) is 5.75 Å². The minimum absolute atomic E-state index is 0.0592. The number of rotatable bonds is 6. The number of nitrogens with two attached hydrogens (primary N) is 1. The number of carbonyl (C=O) groups is 1. The van der Waals surface area contributed by atoms with Crippen LogP contribution in [0.2, 0.25) is 0 Å². The van der Waals surface area contributed by atoms with Gasteiger partial charge < -0.3 is 20.5 Å². The van der Waals surface area contributed by atoms with E-state index >= 15 is 0 Å². The van der Waals surface area contributed by atoms with Crippen molar-refractivity contribution in [3.63, 3.8) is 0 Å². The minimum Gasteiger partial charge on any atom is -0.496 e. The van der Waals surface area contributed by atoms with Crippen molar-refractivity contribution in [2.75, 3.05) is 32.5 Å². The Labute approximate surface area is 107 Å². The molecule has 100 valence electrons. The van der Waals surface area contributed by atoms with E-state index in [0.29, 0.717) is 30.1 Å². The first kappa shape index (κ1) is 14.3. The second-order valence-electron chi connectivity index (χ2n) is 3.98. The molecule has 1 rings (SSSR count). The lowest BCUT2D eigenvalue weighted by Crippen LogP contribution is -2.34. The number of aliphatic hydroxyl groups excluding tert-OH is 1. The van der Waals surface area contributed by atoms with E-state index in [1.807, 2.05) is 6.92 Å². The molecule has 0 bridgehead atoms. The van der Waals surface area contributed by atoms with Gasteiger partial charge in [-0.2, -0.15) is 0 Å². The van der Waals surface area contributed by atoms with Gasteiger partial charge in [0.2, 0.25) is 0 Å². The van der Waals surface area contributed by atoms with Crippen molar-refractivity contribution < 1.29 is 14.6 Å². The van der Waals surface area contributed by atoms with Crippen LogP contribution in [0.3, 0.4) is 0 Å². The zero-order valence-corrected chi connectivity index (χ0v) is 10.8. The molecule has 0 heterocycles. The van der Waals surface area contributed by atoms with Gasteiger partial charge in [0.1, 0.15) is 5.75 Å². The first-order valence-electron chi connectivity index (χ1n) is 5.97. The van der Waals surface area contributed by atoms with Crippen LogP contribution >= 0.6 is 0 Å². The summed E-state index contributed by atoms with van der Waals surface area (Å²) >= 11 is 0. The van der Waals surface area contributed by atoms with E-state index in [1.165, 1.54) is 7.11 Å². The van der Waals surface area contributed by atoms with Crippen LogP contribution in [0, 0.1) is 0 Å². The fourth-order valence-electron chi connectivity index (χ4n) is 1.77. The van der Waals surface area contributed by atoms with Gasteiger partial charge >= 0.3 is 0 Å². The fraction of sp³-hybridized carbons (Fsp3) is 0.462.